The lowest BCUT2D eigenvalue weighted by Crippen LogP contribution is -2.33. The molecule has 3 rings (SSSR count). The second-order valence-corrected chi connectivity index (χ2v) is 8.94. The second-order valence-electron chi connectivity index (χ2n) is 6.81. The highest BCUT2D eigenvalue weighted by Crippen LogP contribution is 2.35. The van der Waals surface area contributed by atoms with Gasteiger partial charge in [-0.1, -0.05) is 29.8 Å². The molecule has 0 radical (unpaired) electrons. The SMILES string of the molecule is Cc1ccc(F)c([C@@H](C)[C@H](NS(=O)(=O)c2ccc(Cl)c(C#N)c2)c2nn[nH]n2)c1C. The van der Waals surface area contributed by atoms with Crippen molar-refractivity contribution in [2.45, 2.75) is 37.6 Å². The number of aryl methyl sites for hydroxylation is 1. The number of nitriles is 1. The number of H-pyrrole nitrogens is 1. The van der Waals surface area contributed by atoms with Crippen molar-refractivity contribution in [1.29, 1.82) is 5.26 Å². The van der Waals surface area contributed by atoms with Crippen LogP contribution in [0.25, 0.3) is 0 Å². The number of hydrogen-bond acceptors (Lipinski definition) is 6. The fourth-order valence-corrected chi connectivity index (χ4v) is 4.66. The first-order valence-corrected chi connectivity index (χ1v) is 10.7. The van der Waals surface area contributed by atoms with E-state index in [0.29, 0.717) is 11.1 Å². The molecule has 8 nitrogen and oxygen atoms in total. The number of tetrazole rings is 1. The Hall–Kier alpha value is -2.87. The third-order valence-electron chi connectivity index (χ3n) is 4.98. The van der Waals surface area contributed by atoms with Crippen molar-refractivity contribution in [3.8, 4) is 6.07 Å². The highest BCUT2D eigenvalue weighted by molar-refractivity contribution is 7.89. The van der Waals surface area contributed by atoms with Gasteiger partial charge < -0.3 is 0 Å². The molecule has 1 aromatic heterocycles. The van der Waals surface area contributed by atoms with Gasteiger partial charge in [0.15, 0.2) is 5.82 Å². The summed E-state index contributed by atoms with van der Waals surface area (Å²) in [6, 6.07) is 7.59. The number of rotatable bonds is 6. The number of aromatic nitrogens is 4. The Labute approximate surface area is 178 Å². The van der Waals surface area contributed by atoms with Crippen LogP contribution >= 0.6 is 11.6 Å². The van der Waals surface area contributed by atoms with Gasteiger partial charge in [-0.05, 0) is 54.8 Å². The Bertz CT molecular complexity index is 1220. The number of halogens is 2. The largest absolute Gasteiger partial charge is 0.241 e. The zero-order valence-electron chi connectivity index (χ0n) is 16.3. The molecule has 2 aromatic carbocycles. The van der Waals surface area contributed by atoms with Crippen molar-refractivity contribution in [3.05, 3.63) is 69.2 Å². The van der Waals surface area contributed by atoms with E-state index in [2.05, 4.69) is 25.3 Å². The maximum Gasteiger partial charge on any atom is 0.241 e. The Morgan fingerprint density at radius 1 is 1.27 bits per heavy atom. The van der Waals surface area contributed by atoms with Crippen LogP contribution in [0.4, 0.5) is 4.39 Å². The number of nitrogens with zero attached hydrogens (tertiary/aromatic N) is 4. The van der Waals surface area contributed by atoms with E-state index in [9.17, 15) is 12.8 Å². The molecule has 0 saturated heterocycles. The summed E-state index contributed by atoms with van der Waals surface area (Å²) in [6.45, 7) is 5.29. The van der Waals surface area contributed by atoms with Crippen LogP contribution < -0.4 is 4.72 Å². The van der Waals surface area contributed by atoms with Crippen molar-refractivity contribution in [1.82, 2.24) is 25.3 Å². The van der Waals surface area contributed by atoms with Crippen LogP contribution in [0.1, 0.15) is 47.0 Å². The molecule has 0 spiro atoms. The highest BCUT2D eigenvalue weighted by atomic mass is 35.5. The van der Waals surface area contributed by atoms with E-state index in [0.717, 1.165) is 5.56 Å². The van der Waals surface area contributed by atoms with Gasteiger partial charge in [0.05, 0.1) is 21.5 Å². The van der Waals surface area contributed by atoms with Gasteiger partial charge in [0.1, 0.15) is 11.9 Å². The summed E-state index contributed by atoms with van der Waals surface area (Å²) in [4.78, 5) is -0.161. The highest BCUT2D eigenvalue weighted by Gasteiger charge is 2.32. The number of benzene rings is 2. The topological polar surface area (TPSA) is 124 Å². The van der Waals surface area contributed by atoms with E-state index >= 15 is 0 Å². The number of nitrogens with one attached hydrogen (secondary N) is 2. The van der Waals surface area contributed by atoms with Gasteiger partial charge in [0, 0.05) is 5.92 Å². The van der Waals surface area contributed by atoms with Crippen LogP contribution in [0.3, 0.4) is 0 Å². The van der Waals surface area contributed by atoms with Crippen molar-refractivity contribution >= 4 is 21.6 Å². The minimum Gasteiger partial charge on any atom is -0.207 e. The number of hydrogen-bond donors (Lipinski definition) is 2. The molecule has 2 atom stereocenters. The van der Waals surface area contributed by atoms with Gasteiger partial charge in [-0.3, -0.25) is 0 Å². The van der Waals surface area contributed by atoms with E-state index in [4.69, 9.17) is 16.9 Å². The molecule has 3 aromatic rings. The molecule has 11 heteroatoms. The maximum absolute atomic E-state index is 14.7. The molecule has 0 aliphatic heterocycles. The summed E-state index contributed by atoms with van der Waals surface area (Å²) in [7, 11) is -4.13. The lowest BCUT2D eigenvalue weighted by atomic mass is 9.88. The van der Waals surface area contributed by atoms with Gasteiger partial charge in [-0.25, -0.2) is 12.8 Å². The standard InChI is InChI=1S/C19H18ClFN6O2S/c1-10-4-7-16(21)17(11(10)2)12(3)18(19-23-26-27-24-19)25-30(28,29)14-5-6-15(20)13(8-14)9-22/h4-8,12,18,25H,1-3H3,(H,23,24,26,27)/t12-,18+/m1/s1. The summed E-state index contributed by atoms with van der Waals surface area (Å²) in [6.07, 6.45) is 0. The van der Waals surface area contributed by atoms with Crippen LogP contribution in [0.2, 0.25) is 5.02 Å². The third kappa shape index (κ3) is 4.18. The molecule has 1 heterocycles. The molecule has 0 bridgehead atoms. The minimum absolute atomic E-state index is 0.0178. The van der Waals surface area contributed by atoms with E-state index in [1.54, 1.807) is 19.9 Å². The van der Waals surface area contributed by atoms with E-state index < -0.39 is 27.8 Å². The third-order valence-corrected chi connectivity index (χ3v) is 6.75. The predicted octanol–water partition coefficient (Wildman–Crippen LogP) is 3.30. The zero-order valence-corrected chi connectivity index (χ0v) is 17.9. The van der Waals surface area contributed by atoms with E-state index in [-0.39, 0.29) is 21.3 Å². The Morgan fingerprint density at radius 3 is 2.63 bits per heavy atom. The number of aromatic amines is 1. The van der Waals surface area contributed by atoms with Crippen LogP contribution in [-0.4, -0.2) is 29.0 Å². The molecule has 0 amide bonds. The summed E-state index contributed by atoms with van der Waals surface area (Å²) in [5.41, 5.74) is 1.93. The fraction of sp³-hybridized carbons (Fsp3) is 0.263. The smallest absolute Gasteiger partial charge is 0.207 e. The first-order valence-electron chi connectivity index (χ1n) is 8.86. The molecule has 0 aliphatic carbocycles. The van der Waals surface area contributed by atoms with E-state index in [1.807, 2.05) is 13.0 Å². The van der Waals surface area contributed by atoms with Crippen LogP contribution in [0, 0.1) is 31.0 Å². The summed E-state index contributed by atoms with van der Waals surface area (Å²) >= 11 is 5.90. The van der Waals surface area contributed by atoms with Gasteiger partial charge in [-0.2, -0.15) is 15.2 Å². The Balaban J connectivity index is 2.07. The van der Waals surface area contributed by atoms with Crippen molar-refractivity contribution in [2.75, 3.05) is 0 Å². The molecule has 0 fully saturated rings. The first kappa shape index (κ1) is 21.8. The summed E-state index contributed by atoms with van der Waals surface area (Å²) < 4.78 is 43.3. The normalized spacial score (nSPS) is 13.6. The number of sulfonamides is 1. The first-order chi connectivity index (χ1) is 14.2. The lowest BCUT2D eigenvalue weighted by molar-refractivity contribution is 0.478. The second kappa shape index (κ2) is 8.47. The molecule has 0 aliphatic rings. The van der Waals surface area contributed by atoms with Gasteiger partial charge >= 0.3 is 0 Å². The summed E-state index contributed by atoms with van der Waals surface area (Å²) in [5, 5.41) is 22.9. The Morgan fingerprint density at radius 2 is 2.00 bits per heavy atom. The quantitative estimate of drug-likeness (QED) is 0.596. The molecular weight excluding hydrogens is 431 g/mol. The van der Waals surface area contributed by atoms with Gasteiger partial charge in [-0.15, -0.1) is 10.2 Å². The Kier molecular flexibility index (Phi) is 6.17. The average molecular weight is 449 g/mol. The monoisotopic (exact) mass is 448 g/mol. The molecule has 30 heavy (non-hydrogen) atoms. The van der Waals surface area contributed by atoms with Crippen LogP contribution in [0.5, 0.6) is 0 Å². The van der Waals surface area contributed by atoms with Crippen molar-refractivity contribution in [3.63, 3.8) is 0 Å². The maximum atomic E-state index is 14.7. The molecular formula is C19H18ClFN6O2S. The molecule has 0 saturated carbocycles. The average Bonchev–Trinajstić information content (AvgIpc) is 3.24. The molecule has 156 valence electrons. The van der Waals surface area contributed by atoms with E-state index in [1.165, 1.54) is 24.3 Å². The minimum atomic E-state index is -4.13. The molecule has 2 N–H and O–H groups in total. The fourth-order valence-electron chi connectivity index (χ4n) is 3.20. The van der Waals surface area contributed by atoms with Crippen LogP contribution in [-0.2, 0) is 10.0 Å². The zero-order chi connectivity index (χ0) is 22.1. The predicted molar refractivity (Wildman–Crippen MR) is 108 cm³/mol. The summed E-state index contributed by atoms with van der Waals surface area (Å²) in [5.74, 6) is -1.07. The van der Waals surface area contributed by atoms with Crippen molar-refractivity contribution in [2.24, 2.45) is 0 Å². The van der Waals surface area contributed by atoms with Crippen LogP contribution in [0.15, 0.2) is 35.2 Å². The van der Waals surface area contributed by atoms with Gasteiger partial charge in [0.2, 0.25) is 10.0 Å². The van der Waals surface area contributed by atoms with Crippen molar-refractivity contribution < 1.29 is 12.8 Å². The molecule has 0 unspecified atom stereocenters. The van der Waals surface area contributed by atoms with Gasteiger partial charge in [0.25, 0.3) is 0 Å². The lowest BCUT2D eigenvalue weighted by Gasteiger charge is -2.25.